The number of aliphatic hydroxyl groups is 1. The first-order valence-corrected chi connectivity index (χ1v) is 9.30. The number of aryl methyl sites for hydroxylation is 1. The molecule has 0 saturated carbocycles. The number of ether oxygens (including phenoxy) is 2. The number of quaternary nitrogens is 1. The van der Waals surface area contributed by atoms with E-state index in [4.69, 9.17) is 9.47 Å². The summed E-state index contributed by atoms with van der Waals surface area (Å²) in [7, 11) is 4.61. The number of hydrogen-bond acceptors (Lipinski definition) is 6. The average molecular weight is 440 g/mol. The number of nitrogens with zero attached hydrogens (tertiary/aromatic N) is 4. The van der Waals surface area contributed by atoms with Crippen LogP contribution in [-0.2, 0) is 20.6 Å². The van der Waals surface area contributed by atoms with Crippen molar-refractivity contribution in [1.29, 1.82) is 0 Å². The third-order valence-electron chi connectivity index (χ3n) is 4.73. The van der Waals surface area contributed by atoms with Crippen LogP contribution in [0, 0.1) is 0 Å². The highest BCUT2D eigenvalue weighted by Crippen LogP contribution is 2.25. The van der Waals surface area contributed by atoms with Crippen LogP contribution >= 0.6 is 0 Å². The van der Waals surface area contributed by atoms with Crippen molar-refractivity contribution in [2.75, 3.05) is 26.8 Å². The number of methoxy groups -OCH3 is 1. The first kappa shape index (κ1) is 23.5. The predicted molar refractivity (Wildman–Crippen MR) is 106 cm³/mol. The quantitative estimate of drug-likeness (QED) is 0.324. The van der Waals surface area contributed by atoms with Crippen LogP contribution in [0.25, 0.3) is 11.2 Å². The van der Waals surface area contributed by atoms with E-state index >= 15 is 0 Å². The van der Waals surface area contributed by atoms with Gasteiger partial charge in [0.1, 0.15) is 19.3 Å². The normalized spacial score (nSPS) is 11.9. The fourth-order valence-electron chi connectivity index (χ4n) is 3.10. The maximum absolute atomic E-state index is 12.4. The lowest BCUT2D eigenvalue weighted by atomic mass is 10.3. The van der Waals surface area contributed by atoms with Gasteiger partial charge in [-0.3, -0.25) is 13.9 Å². The Kier molecular flexibility index (Phi) is 8.04. The highest BCUT2D eigenvalue weighted by Gasteiger charge is 2.15. The molecule has 0 amide bonds. The van der Waals surface area contributed by atoms with Gasteiger partial charge < -0.3 is 36.9 Å². The third-order valence-corrected chi connectivity index (χ3v) is 4.73. The van der Waals surface area contributed by atoms with Gasteiger partial charge in [-0.05, 0) is 12.1 Å². The second-order valence-corrected chi connectivity index (χ2v) is 6.74. The van der Waals surface area contributed by atoms with Gasteiger partial charge in [-0.1, -0.05) is 12.1 Å². The Morgan fingerprint density at radius 3 is 2.57 bits per heavy atom. The fourth-order valence-corrected chi connectivity index (χ4v) is 3.10. The summed E-state index contributed by atoms with van der Waals surface area (Å²) in [5, 5.41) is 12.1. The molecule has 164 valence electrons. The van der Waals surface area contributed by atoms with Crippen molar-refractivity contribution in [1.82, 2.24) is 18.7 Å². The summed E-state index contributed by atoms with van der Waals surface area (Å²) >= 11 is 0. The first-order valence-electron chi connectivity index (χ1n) is 9.30. The van der Waals surface area contributed by atoms with Crippen molar-refractivity contribution in [2.45, 2.75) is 12.6 Å². The number of aromatic nitrogens is 4. The lowest BCUT2D eigenvalue weighted by Gasteiger charge is -2.13. The molecule has 1 atom stereocenters. The minimum absolute atomic E-state index is 0. The second kappa shape index (κ2) is 10.3. The SMILES string of the molecule is COc1ccccc1OCC(O)C[NH2+]CCn1cnc2c1c(=O)n(C)c(=O)n2C.[Cl-]. The molecule has 0 aliphatic heterocycles. The zero-order valence-corrected chi connectivity index (χ0v) is 17.9. The molecule has 3 aromatic rings. The van der Waals surface area contributed by atoms with E-state index in [1.807, 2.05) is 17.4 Å². The summed E-state index contributed by atoms with van der Waals surface area (Å²) in [5.74, 6) is 1.20. The Morgan fingerprint density at radius 1 is 1.17 bits per heavy atom. The molecule has 1 unspecified atom stereocenters. The lowest BCUT2D eigenvalue weighted by Crippen LogP contribution is -3.00. The minimum atomic E-state index is -0.659. The monoisotopic (exact) mass is 439 g/mol. The van der Waals surface area contributed by atoms with Gasteiger partial charge in [-0.25, -0.2) is 9.78 Å². The van der Waals surface area contributed by atoms with Gasteiger partial charge in [0.2, 0.25) is 0 Å². The Labute approximate surface area is 179 Å². The number of aliphatic hydroxyl groups excluding tert-OH is 1. The molecular weight excluding hydrogens is 414 g/mol. The van der Waals surface area contributed by atoms with Crippen LogP contribution in [0.2, 0.25) is 0 Å². The standard InChI is InChI=1S/C19H25N5O5.ClH/c1-22-17-16(18(26)23(2)19(22)27)24(12-21-17)9-8-20-10-13(25)11-29-15-7-5-4-6-14(15)28-3;/h4-7,12-13,20,25H,8-11H2,1-3H3;1H. The van der Waals surface area contributed by atoms with Crippen LogP contribution in [0.3, 0.4) is 0 Å². The maximum atomic E-state index is 12.4. The molecule has 0 fully saturated rings. The molecule has 3 rings (SSSR count). The van der Waals surface area contributed by atoms with E-state index in [2.05, 4.69) is 4.98 Å². The number of fused-ring (bicyclic) bond motifs is 1. The molecule has 0 bridgehead atoms. The van der Waals surface area contributed by atoms with E-state index in [-0.39, 0.29) is 24.6 Å². The molecular formula is C19H26ClN5O5. The van der Waals surface area contributed by atoms with Crippen molar-refractivity contribution in [3.63, 3.8) is 0 Å². The van der Waals surface area contributed by atoms with Gasteiger partial charge in [-0.15, -0.1) is 0 Å². The number of benzene rings is 1. The Morgan fingerprint density at radius 2 is 1.87 bits per heavy atom. The molecule has 2 heterocycles. The van der Waals surface area contributed by atoms with Crippen molar-refractivity contribution < 1.29 is 32.3 Å². The third kappa shape index (κ3) is 4.84. The Balaban J connectivity index is 0.00000320. The highest BCUT2D eigenvalue weighted by atomic mass is 35.5. The molecule has 0 radical (unpaired) electrons. The number of nitrogens with two attached hydrogens (primary N) is 1. The van der Waals surface area contributed by atoms with E-state index in [1.54, 1.807) is 37.2 Å². The van der Waals surface area contributed by atoms with E-state index < -0.39 is 11.8 Å². The molecule has 0 aliphatic carbocycles. The largest absolute Gasteiger partial charge is 1.00 e. The van der Waals surface area contributed by atoms with Gasteiger partial charge in [0.05, 0.1) is 26.5 Å². The molecule has 0 aliphatic rings. The van der Waals surface area contributed by atoms with Crippen molar-refractivity contribution in [2.24, 2.45) is 14.1 Å². The maximum Gasteiger partial charge on any atom is 0.332 e. The molecule has 11 heteroatoms. The van der Waals surface area contributed by atoms with Crippen LogP contribution in [0.4, 0.5) is 0 Å². The zero-order valence-electron chi connectivity index (χ0n) is 17.1. The topological polar surface area (TPSA) is 117 Å². The Bertz CT molecular complexity index is 1110. The number of hydrogen-bond donors (Lipinski definition) is 2. The molecule has 0 spiro atoms. The molecule has 0 saturated heterocycles. The summed E-state index contributed by atoms with van der Waals surface area (Å²) in [6, 6.07) is 7.27. The van der Waals surface area contributed by atoms with Gasteiger partial charge in [0, 0.05) is 14.1 Å². The van der Waals surface area contributed by atoms with Crippen LogP contribution < -0.4 is 38.4 Å². The van der Waals surface area contributed by atoms with Crippen LogP contribution in [-0.4, -0.2) is 56.7 Å². The van der Waals surface area contributed by atoms with Crippen molar-refractivity contribution in [3.8, 4) is 11.5 Å². The number of rotatable bonds is 9. The van der Waals surface area contributed by atoms with Crippen LogP contribution in [0.5, 0.6) is 11.5 Å². The summed E-state index contributed by atoms with van der Waals surface area (Å²) in [5.41, 5.74) is -0.0188. The summed E-state index contributed by atoms with van der Waals surface area (Å²) < 4.78 is 15.0. The number of imidazole rings is 1. The van der Waals surface area contributed by atoms with Crippen molar-refractivity contribution in [3.05, 3.63) is 51.4 Å². The van der Waals surface area contributed by atoms with Crippen molar-refractivity contribution >= 4 is 11.2 Å². The molecule has 10 nitrogen and oxygen atoms in total. The van der Waals surface area contributed by atoms with E-state index in [9.17, 15) is 14.7 Å². The average Bonchev–Trinajstić information content (AvgIpc) is 3.16. The molecule has 30 heavy (non-hydrogen) atoms. The van der Waals surface area contributed by atoms with E-state index in [1.165, 1.54) is 11.6 Å². The van der Waals surface area contributed by atoms with E-state index in [0.717, 1.165) is 4.57 Å². The number of halogens is 1. The summed E-state index contributed by atoms with van der Waals surface area (Å²) in [6.07, 6.45) is 0.897. The molecule has 1 aromatic carbocycles. The van der Waals surface area contributed by atoms with Gasteiger partial charge in [-0.2, -0.15) is 0 Å². The van der Waals surface area contributed by atoms with Gasteiger partial charge >= 0.3 is 5.69 Å². The smallest absolute Gasteiger partial charge is 0.332 e. The Hall–Kier alpha value is -2.82. The lowest BCUT2D eigenvalue weighted by molar-refractivity contribution is -0.662. The van der Waals surface area contributed by atoms with E-state index in [0.29, 0.717) is 42.3 Å². The molecule has 3 N–H and O–H groups in total. The minimum Gasteiger partial charge on any atom is -1.00 e. The fraction of sp³-hybridized carbons (Fsp3) is 0.421. The number of para-hydroxylation sites is 2. The summed E-state index contributed by atoms with van der Waals surface area (Å²) in [6.45, 7) is 1.74. The predicted octanol–water partition coefficient (Wildman–Crippen LogP) is -4.55. The van der Waals surface area contributed by atoms with Crippen LogP contribution in [0.1, 0.15) is 0 Å². The zero-order chi connectivity index (χ0) is 21.0. The van der Waals surface area contributed by atoms with Gasteiger partial charge in [0.25, 0.3) is 5.56 Å². The van der Waals surface area contributed by atoms with Gasteiger partial charge in [0.15, 0.2) is 22.7 Å². The molecule has 2 aromatic heterocycles. The second-order valence-electron chi connectivity index (χ2n) is 6.74. The summed E-state index contributed by atoms with van der Waals surface area (Å²) in [4.78, 5) is 28.6. The highest BCUT2D eigenvalue weighted by molar-refractivity contribution is 5.69. The first-order chi connectivity index (χ1) is 13.9. The van der Waals surface area contributed by atoms with Crippen LogP contribution in [0.15, 0.2) is 40.2 Å².